The third-order valence-electron chi connectivity index (χ3n) is 7.51. The molecule has 1 aliphatic heterocycles. The molecule has 0 spiro atoms. The Hall–Kier alpha value is -4.50. The van der Waals surface area contributed by atoms with Gasteiger partial charge in [0, 0.05) is 13.5 Å². The molecule has 1 atom stereocenters. The van der Waals surface area contributed by atoms with Gasteiger partial charge in [-0.15, -0.1) is 0 Å². The van der Waals surface area contributed by atoms with Gasteiger partial charge >= 0.3 is 11.9 Å². The van der Waals surface area contributed by atoms with Gasteiger partial charge in [0.2, 0.25) is 13.6 Å². The van der Waals surface area contributed by atoms with Gasteiger partial charge in [-0.2, -0.15) is 0 Å². The van der Waals surface area contributed by atoms with Crippen molar-refractivity contribution in [2.24, 2.45) is 5.41 Å². The molecule has 0 radical (unpaired) electrons. The molecule has 1 unspecified atom stereocenters. The number of esters is 2. The molecule has 1 heterocycles. The number of carbonyl (C=O) groups is 2. The van der Waals surface area contributed by atoms with Gasteiger partial charge in [0.25, 0.3) is 0 Å². The zero-order valence-corrected chi connectivity index (χ0v) is 27.9. The van der Waals surface area contributed by atoms with Crippen LogP contribution in [0.5, 0.6) is 23.0 Å². The molecule has 3 aromatic rings. The van der Waals surface area contributed by atoms with E-state index in [1.54, 1.807) is 20.8 Å². The first kappa shape index (κ1) is 34.4. The number of nitrogens with zero attached hydrogens (tertiary/aromatic N) is 1. The Kier molecular flexibility index (Phi) is 11.7. The monoisotopic (exact) mass is 631 g/mol. The van der Waals surface area contributed by atoms with Crippen LogP contribution in [0.25, 0.3) is 11.1 Å². The van der Waals surface area contributed by atoms with Crippen LogP contribution in [0.3, 0.4) is 0 Å². The Morgan fingerprint density at radius 1 is 0.848 bits per heavy atom. The van der Waals surface area contributed by atoms with Gasteiger partial charge in [-0.05, 0) is 105 Å². The molecule has 0 aromatic heterocycles. The van der Waals surface area contributed by atoms with Crippen molar-refractivity contribution >= 4 is 23.1 Å². The zero-order chi connectivity index (χ0) is 33.3. The standard InChI is InChI=1S/C37H45NO8/c1-8-32(28-14-19-33-34(20-28)44-24-43-33)35(27-12-17-30(18-13-27)42-23-45-36(40)37(4,5)6)26-10-15-29(16-11-26)41-22-31(46-25(3)39)21-38(7)9-2/h10-20,31H,8-9,21-24H2,1-7H3. The molecule has 0 bridgehead atoms. The van der Waals surface area contributed by atoms with Crippen molar-refractivity contribution in [3.63, 3.8) is 0 Å². The molecule has 0 amide bonds. The molecule has 46 heavy (non-hydrogen) atoms. The molecule has 0 aliphatic carbocycles. The lowest BCUT2D eigenvalue weighted by Gasteiger charge is -2.23. The Balaban J connectivity index is 1.61. The lowest BCUT2D eigenvalue weighted by molar-refractivity contribution is -0.159. The van der Waals surface area contributed by atoms with Crippen LogP contribution in [0.15, 0.2) is 66.7 Å². The van der Waals surface area contributed by atoms with Crippen molar-refractivity contribution < 1.29 is 38.0 Å². The first-order chi connectivity index (χ1) is 22.0. The molecule has 0 N–H and O–H groups in total. The number of hydrogen-bond donors (Lipinski definition) is 0. The fraction of sp³-hybridized carbons (Fsp3) is 0.405. The second-order valence-electron chi connectivity index (χ2n) is 12.2. The fourth-order valence-electron chi connectivity index (χ4n) is 4.95. The van der Waals surface area contributed by atoms with Crippen molar-refractivity contribution in [3.05, 3.63) is 83.4 Å². The maximum absolute atomic E-state index is 12.1. The maximum Gasteiger partial charge on any atom is 0.314 e. The van der Waals surface area contributed by atoms with Crippen LogP contribution in [-0.2, 0) is 19.1 Å². The number of likely N-dealkylation sites (N-methyl/N-ethyl adjacent to an activating group) is 1. The largest absolute Gasteiger partial charge is 0.490 e. The molecule has 1 aliphatic rings. The van der Waals surface area contributed by atoms with E-state index in [1.165, 1.54) is 6.92 Å². The average Bonchev–Trinajstić information content (AvgIpc) is 3.50. The van der Waals surface area contributed by atoms with Crippen LogP contribution < -0.4 is 18.9 Å². The van der Waals surface area contributed by atoms with Gasteiger partial charge in [-0.3, -0.25) is 9.59 Å². The lowest BCUT2D eigenvalue weighted by atomic mass is 9.88. The van der Waals surface area contributed by atoms with Crippen LogP contribution in [0.1, 0.15) is 64.7 Å². The Labute approximate surface area is 272 Å². The van der Waals surface area contributed by atoms with E-state index >= 15 is 0 Å². The molecule has 246 valence electrons. The zero-order valence-electron chi connectivity index (χ0n) is 27.9. The molecular formula is C37H45NO8. The summed E-state index contributed by atoms with van der Waals surface area (Å²) in [4.78, 5) is 25.8. The van der Waals surface area contributed by atoms with Crippen molar-refractivity contribution in [1.29, 1.82) is 0 Å². The summed E-state index contributed by atoms with van der Waals surface area (Å²) in [5.74, 6) is 2.05. The van der Waals surface area contributed by atoms with Gasteiger partial charge in [0.15, 0.2) is 11.5 Å². The number of ether oxygens (including phenoxy) is 6. The molecule has 3 aromatic carbocycles. The van der Waals surface area contributed by atoms with E-state index in [0.717, 1.165) is 52.3 Å². The first-order valence-corrected chi connectivity index (χ1v) is 15.6. The molecule has 9 nitrogen and oxygen atoms in total. The normalized spacial score (nSPS) is 13.6. The lowest BCUT2D eigenvalue weighted by Crippen LogP contribution is -2.36. The predicted octanol–water partition coefficient (Wildman–Crippen LogP) is 6.97. The second kappa shape index (κ2) is 15.7. The molecular weight excluding hydrogens is 586 g/mol. The van der Waals surface area contributed by atoms with Crippen molar-refractivity contribution in [1.82, 2.24) is 4.90 Å². The summed E-state index contributed by atoms with van der Waals surface area (Å²) >= 11 is 0. The minimum atomic E-state index is -0.603. The van der Waals surface area contributed by atoms with Crippen LogP contribution >= 0.6 is 0 Å². The predicted molar refractivity (Wildman–Crippen MR) is 177 cm³/mol. The summed E-state index contributed by atoms with van der Waals surface area (Å²) in [6.07, 6.45) is 0.372. The summed E-state index contributed by atoms with van der Waals surface area (Å²) < 4.78 is 33.8. The number of benzene rings is 3. The third kappa shape index (κ3) is 9.26. The first-order valence-electron chi connectivity index (χ1n) is 15.6. The van der Waals surface area contributed by atoms with Crippen molar-refractivity contribution in [3.8, 4) is 23.0 Å². The van der Waals surface area contributed by atoms with Gasteiger partial charge < -0.3 is 33.3 Å². The quantitative estimate of drug-likeness (QED) is 0.106. The van der Waals surface area contributed by atoms with E-state index in [2.05, 4.69) is 18.7 Å². The number of carbonyl (C=O) groups excluding carboxylic acids is 2. The minimum Gasteiger partial charge on any atom is -0.490 e. The Bertz CT molecular complexity index is 1510. The van der Waals surface area contributed by atoms with E-state index in [9.17, 15) is 9.59 Å². The summed E-state index contributed by atoms with van der Waals surface area (Å²) in [6.45, 7) is 12.7. The van der Waals surface area contributed by atoms with Gasteiger partial charge in [0.1, 0.15) is 24.2 Å². The van der Waals surface area contributed by atoms with Crippen LogP contribution in [0.4, 0.5) is 0 Å². The fourth-order valence-corrected chi connectivity index (χ4v) is 4.95. The van der Waals surface area contributed by atoms with E-state index in [-0.39, 0.29) is 38.2 Å². The number of allylic oxidation sites excluding steroid dienone is 1. The molecule has 0 saturated heterocycles. The van der Waals surface area contributed by atoms with Crippen molar-refractivity contribution in [2.45, 2.75) is 54.1 Å². The minimum absolute atomic E-state index is 0.163. The van der Waals surface area contributed by atoms with Gasteiger partial charge in [-0.25, -0.2) is 0 Å². The number of hydrogen-bond acceptors (Lipinski definition) is 9. The van der Waals surface area contributed by atoms with Crippen LogP contribution in [-0.4, -0.2) is 63.3 Å². The van der Waals surface area contributed by atoms with Gasteiger partial charge in [0.05, 0.1) is 5.41 Å². The Morgan fingerprint density at radius 2 is 1.43 bits per heavy atom. The van der Waals surface area contributed by atoms with E-state index in [1.807, 2.05) is 73.8 Å². The summed E-state index contributed by atoms with van der Waals surface area (Å²) in [6, 6.07) is 21.7. The van der Waals surface area contributed by atoms with Crippen LogP contribution in [0.2, 0.25) is 0 Å². The highest BCUT2D eigenvalue weighted by Gasteiger charge is 2.23. The molecule has 4 rings (SSSR count). The topological polar surface area (TPSA) is 92.8 Å². The molecule has 0 fully saturated rings. The van der Waals surface area contributed by atoms with Crippen LogP contribution in [0, 0.1) is 5.41 Å². The summed E-state index contributed by atoms with van der Waals surface area (Å²) in [5, 5.41) is 0. The smallest absolute Gasteiger partial charge is 0.314 e. The van der Waals surface area contributed by atoms with Gasteiger partial charge in [-0.1, -0.05) is 44.2 Å². The highest BCUT2D eigenvalue weighted by Crippen LogP contribution is 2.40. The van der Waals surface area contributed by atoms with E-state index < -0.39 is 5.41 Å². The maximum atomic E-state index is 12.1. The summed E-state index contributed by atoms with van der Waals surface area (Å²) in [5.41, 5.74) is 4.57. The number of fused-ring (bicyclic) bond motifs is 1. The number of rotatable bonds is 14. The highest BCUT2D eigenvalue weighted by atomic mass is 16.7. The van der Waals surface area contributed by atoms with Crippen molar-refractivity contribution in [2.75, 3.05) is 40.3 Å². The Morgan fingerprint density at radius 3 is 2.00 bits per heavy atom. The van der Waals surface area contributed by atoms with E-state index in [0.29, 0.717) is 18.0 Å². The summed E-state index contributed by atoms with van der Waals surface area (Å²) in [7, 11) is 1.98. The average molecular weight is 632 g/mol. The molecule has 9 heteroatoms. The second-order valence-corrected chi connectivity index (χ2v) is 12.2. The highest BCUT2D eigenvalue weighted by molar-refractivity contribution is 5.99. The molecule has 0 saturated carbocycles. The third-order valence-corrected chi connectivity index (χ3v) is 7.51. The van der Waals surface area contributed by atoms with E-state index in [4.69, 9.17) is 28.4 Å². The SMILES string of the molecule is CCC(=C(c1ccc(OCOC(=O)C(C)(C)C)cc1)c1ccc(OCC(CN(C)CC)OC(C)=O)cc1)c1ccc2c(c1)OCO2.